The summed E-state index contributed by atoms with van der Waals surface area (Å²) >= 11 is 0. The third kappa shape index (κ3) is 4.60. The summed E-state index contributed by atoms with van der Waals surface area (Å²) in [6.45, 7) is 1.17. The Balaban J connectivity index is 1.60. The summed E-state index contributed by atoms with van der Waals surface area (Å²) in [5.41, 5.74) is 1.53. The molecule has 5 heteroatoms. The lowest BCUT2D eigenvalue weighted by Gasteiger charge is -2.30. The minimum Gasteiger partial charge on any atom is -0.497 e. The molecule has 2 aromatic rings. The second kappa shape index (κ2) is 9.22. The highest BCUT2D eigenvalue weighted by molar-refractivity contribution is 5.98. The molecular weight excluding hydrogens is 354 g/mol. The van der Waals surface area contributed by atoms with Crippen LogP contribution >= 0.6 is 0 Å². The van der Waals surface area contributed by atoms with Crippen molar-refractivity contribution in [1.29, 1.82) is 0 Å². The quantitative estimate of drug-likeness (QED) is 0.565. The Morgan fingerprint density at radius 3 is 2.36 bits per heavy atom. The van der Waals surface area contributed by atoms with Crippen LogP contribution in [0.3, 0.4) is 0 Å². The number of nitrogens with zero attached hydrogens (tertiary/aromatic N) is 1. The van der Waals surface area contributed by atoms with Crippen LogP contribution in [0.15, 0.2) is 54.6 Å². The Morgan fingerprint density at radius 2 is 1.71 bits per heavy atom. The van der Waals surface area contributed by atoms with E-state index in [1.807, 2.05) is 48.5 Å². The fourth-order valence-electron chi connectivity index (χ4n) is 3.44. The van der Waals surface area contributed by atoms with Crippen molar-refractivity contribution in [3.8, 4) is 11.5 Å². The number of carbonyl (C=O) groups is 2. The van der Waals surface area contributed by atoms with Crippen molar-refractivity contribution in [2.45, 2.75) is 12.8 Å². The highest BCUT2D eigenvalue weighted by Crippen LogP contribution is 2.26. The molecule has 0 N–H and O–H groups in total. The highest BCUT2D eigenvalue weighted by Gasteiger charge is 2.27. The van der Waals surface area contributed by atoms with Gasteiger partial charge in [0, 0.05) is 36.2 Å². The summed E-state index contributed by atoms with van der Waals surface area (Å²) < 4.78 is 10.6. The van der Waals surface area contributed by atoms with Crippen molar-refractivity contribution in [3.63, 3.8) is 0 Å². The van der Waals surface area contributed by atoms with Crippen LogP contribution in [0.5, 0.6) is 11.5 Å². The maximum atomic E-state index is 12.6. The van der Waals surface area contributed by atoms with E-state index in [1.165, 1.54) is 0 Å². The molecular formula is C23H25NO4. The van der Waals surface area contributed by atoms with Gasteiger partial charge in [0.05, 0.1) is 14.2 Å². The molecule has 28 heavy (non-hydrogen) atoms. The zero-order valence-electron chi connectivity index (χ0n) is 16.3. The van der Waals surface area contributed by atoms with Gasteiger partial charge >= 0.3 is 0 Å². The predicted octanol–water partition coefficient (Wildman–Crippen LogP) is 3.84. The third-order valence-electron chi connectivity index (χ3n) is 5.08. The monoisotopic (exact) mass is 379 g/mol. The maximum Gasteiger partial charge on any atom is 0.246 e. The van der Waals surface area contributed by atoms with E-state index >= 15 is 0 Å². The Morgan fingerprint density at radius 1 is 1.00 bits per heavy atom. The molecule has 1 heterocycles. The summed E-state index contributed by atoms with van der Waals surface area (Å²) in [6.07, 6.45) is 4.67. The van der Waals surface area contributed by atoms with E-state index in [2.05, 4.69) is 0 Å². The van der Waals surface area contributed by atoms with Crippen LogP contribution in [-0.2, 0) is 4.79 Å². The van der Waals surface area contributed by atoms with E-state index in [0.717, 1.165) is 11.1 Å². The van der Waals surface area contributed by atoms with Crippen molar-refractivity contribution in [1.82, 2.24) is 4.90 Å². The van der Waals surface area contributed by atoms with Crippen LogP contribution in [0.4, 0.5) is 0 Å². The summed E-state index contributed by atoms with van der Waals surface area (Å²) in [7, 11) is 3.19. The standard InChI is InChI=1S/C23H25NO4/c1-27-20-9-10-21(28-2)19(16-20)8-11-22(25)24-14-12-18(13-15-24)23(26)17-6-4-3-5-7-17/h3-11,16,18H,12-15H2,1-2H3/b11-8+. The van der Waals surface area contributed by atoms with Gasteiger partial charge in [0.2, 0.25) is 5.91 Å². The largest absolute Gasteiger partial charge is 0.497 e. The first-order valence-electron chi connectivity index (χ1n) is 9.40. The lowest BCUT2D eigenvalue weighted by atomic mass is 9.89. The fraction of sp³-hybridized carbons (Fsp3) is 0.304. The Hall–Kier alpha value is -3.08. The number of hydrogen-bond acceptors (Lipinski definition) is 4. The summed E-state index contributed by atoms with van der Waals surface area (Å²) in [4.78, 5) is 26.9. The third-order valence-corrected chi connectivity index (χ3v) is 5.08. The number of rotatable bonds is 6. The molecule has 0 aliphatic carbocycles. The van der Waals surface area contributed by atoms with Crippen molar-refractivity contribution in [2.75, 3.05) is 27.3 Å². The zero-order chi connectivity index (χ0) is 19.9. The number of benzene rings is 2. The van der Waals surface area contributed by atoms with Gasteiger partial charge in [-0.3, -0.25) is 9.59 Å². The number of ether oxygens (including phenoxy) is 2. The van der Waals surface area contributed by atoms with E-state index in [-0.39, 0.29) is 17.6 Å². The van der Waals surface area contributed by atoms with Gasteiger partial charge in [-0.2, -0.15) is 0 Å². The SMILES string of the molecule is COc1ccc(OC)c(/C=C/C(=O)N2CCC(C(=O)c3ccccc3)CC2)c1. The number of likely N-dealkylation sites (tertiary alicyclic amines) is 1. The average Bonchev–Trinajstić information content (AvgIpc) is 2.77. The average molecular weight is 379 g/mol. The van der Waals surface area contributed by atoms with Crippen LogP contribution in [0.2, 0.25) is 0 Å². The van der Waals surface area contributed by atoms with E-state index in [9.17, 15) is 9.59 Å². The number of carbonyl (C=O) groups excluding carboxylic acids is 2. The van der Waals surface area contributed by atoms with E-state index in [0.29, 0.717) is 37.4 Å². The first-order valence-corrected chi connectivity index (χ1v) is 9.40. The molecule has 5 nitrogen and oxygen atoms in total. The first kappa shape index (κ1) is 19.7. The van der Waals surface area contributed by atoms with Crippen LogP contribution in [-0.4, -0.2) is 43.9 Å². The molecule has 0 unspecified atom stereocenters. The topological polar surface area (TPSA) is 55.8 Å². The number of Topliss-reactive ketones (excluding diaryl/α,β-unsaturated/α-hetero) is 1. The number of ketones is 1. The van der Waals surface area contributed by atoms with Gasteiger partial charge in [-0.15, -0.1) is 0 Å². The number of amides is 1. The van der Waals surface area contributed by atoms with Crippen LogP contribution < -0.4 is 9.47 Å². The molecule has 1 aliphatic rings. The van der Waals surface area contributed by atoms with Gasteiger partial charge in [0.1, 0.15) is 11.5 Å². The molecule has 0 atom stereocenters. The van der Waals surface area contributed by atoms with Gasteiger partial charge in [-0.1, -0.05) is 30.3 Å². The highest BCUT2D eigenvalue weighted by atomic mass is 16.5. The number of hydrogen-bond donors (Lipinski definition) is 0. The first-order chi connectivity index (χ1) is 13.6. The molecule has 0 aromatic heterocycles. The van der Waals surface area contributed by atoms with Crippen LogP contribution in [0.1, 0.15) is 28.8 Å². The van der Waals surface area contributed by atoms with Gasteiger partial charge in [-0.05, 0) is 37.1 Å². The minimum atomic E-state index is -0.0597. The van der Waals surface area contributed by atoms with Gasteiger partial charge in [0.15, 0.2) is 5.78 Å². The zero-order valence-corrected chi connectivity index (χ0v) is 16.3. The molecule has 2 aromatic carbocycles. The van der Waals surface area contributed by atoms with Gasteiger partial charge < -0.3 is 14.4 Å². The van der Waals surface area contributed by atoms with E-state index in [1.54, 1.807) is 31.3 Å². The van der Waals surface area contributed by atoms with E-state index in [4.69, 9.17) is 9.47 Å². The lowest BCUT2D eigenvalue weighted by molar-refractivity contribution is -0.127. The lowest BCUT2D eigenvalue weighted by Crippen LogP contribution is -2.39. The number of methoxy groups -OCH3 is 2. The Labute approximate surface area is 165 Å². The maximum absolute atomic E-state index is 12.6. The summed E-state index contributed by atoms with van der Waals surface area (Å²) in [6, 6.07) is 14.8. The molecule has 1 saturated heterocycles. The van der Waals surface area contributed by atoms with Crippen LogP contribution in [0.25, 0.3) is 6.08 Å². The summed E-state index contributed by atoms with van der Waals surface area (Å²) in [5, 5.41) is 0. The molecule has 1 fully saturated rings. The molecule has 0 radical (unpaired) electrons. The Bertz CT molecular complexity index is 852. The van der Waals surface area contributed by atoms with Gasteiger partial charge in [0.25, 0.3) is 0 Å². The molecule has 0 spiro atoms. The van der Waals surface area contributed by atoms with Crippen molar-refractivity contribution in [3.05, 3.63) is 65.7 Å². The number of piperidine rings is 1. The molecule has 1 amide bonds. The molecule has 0 saturated carbocycles. The van der Waals surface area contributed by atoms with E-state index < -0.39 is 0 Å². The van der Waals surface area contributed by atoms with Crippen LogP contribution in [0, 0.1) is 5.92 Å². The second-order valence-corrected chi connectivity index (χ2v) is 6.77. The molecule has 3 rings (SSSR count). The van der Waals surface area contributed by atoms with Crippen molar-refractivity contribution < 1.29 is 19.1 Å². The molecule has 0 bridgehead atoms. The molecule has 1 aliphatic heterocycles. The summed E-state index contributed by atoms with van der Waals surface area (Å²) in [5.74, 6) is 1.47. The smallest absolute Gasteiger partial charge is 0.246 e. The fourth-order valence-corrected chi connectivity index (χ4v) is 3.44. The second-order valence-electron chi connectivity index (χ2n) is 6.77. The normalized spacial score (nSPS) is 14.9. The Kier molecular flexibility index (Phi) is 6.48. The molecule has 146 valence electrons. The minimum absolute atomic E-state index is 0.0195. The van der Waals surface area contributed by atoms with Gasteiger partial charge in [-0.25, -0.2) is 0 Å². The predicted molar refractivity (Wildman–Crippen MR) is 109 cm³/mol. The van der Waals surface area contributed by atoms with Crippen molar-refractivity contribution >= 4 is 17.8 Å². The van der Waals surface area contributed by atoms with Crippen molar-refractivity contribution in [2.24, 2.45) is 5.92 Å².